The maximum absolute atomic E-state index is 3.97. The van der Waals surface area contributed by atoms with E-state index in [1.165, 1.54) is 51.6 Å². The molecule has 2 fully saturated rings. The molecular weight excluding hydrogens is 196 g/mol. The van der Waals surface area contributed by atoms with Gasteiger partial charge in [0.1, 0.15) is 0 Å². The van der Waals surface area contributed by atoms with Crippen LogP contribution in [0.15, 0.2) is 0 Å². The topological polar surface area (TPSA) is 24.1 Å². The van der Waals surface area contributed by atoms with Crippen LogP contribution in [0.2, 0.25) is 0 Å². The molecule has 1 saturated carbocycles. The Labute approximate surface area is 101 Å². The molecule has 0 aromatic carbocycles. The lowest BCUT2D eigenvalue weighted by Gasteiger charge is -2.38. The zero-order valence-corrected chi connectivity index (χ0v) is 11.0. The molecule has 0 aromatic rings. The zero-order valence-electron chi connectivity index (χ0n) is 11.0. The van der Waals surface area contributed by atoms with Gasteiger partial charge in [0.15, 0.2) is 0 Å². The molecule has 1 saturated heterocycles. The summed E-state index contributed by atoms with van der Waals surface area (Å²) in [4.78, 5) is 0. The highest BCUT2D eigenvalue weighted by atomic mass is 15.0. The molecule has 0 amide bonds. The van der Waals surface area contributed by atoms with E-state index in [-0.39, 0.29) is 0 Å². The fourth-order valence-corrected chi connectivity index (χ4v) is 3.45. The number of rotatable bonds is 3. The SMILES string of the molecule is CCC1CCCCC1NC1CCNCC1C. The van der Waals surface area contributed by atoms with Crippen molar-refractivity contribution in [2.24, 2.45) is 11.8 Å². The average molecular weight is 224 g/mol. The zero-order chi connectivity index (χ0) is 11.4. The first-order valence-electron chi connectivity index (χ1n) is 7.28. The van der Waals surface area contributed by atoms with Crippen molar-refractivity contribution in [2.75, 3.05) is 13.1 Å². The van der Waals surface area contributed by atoms with Gasteiger partial charge in [-0.1, -0.05) is 33.1 Å². The van der Waals surface area contributed by atoms with Crippen molar-refractivity contribution in [3.05, 3.63) is 0 Å². The third-order valence-corrected chi connectivity index (χ3v) is 4.65. The van der Waals surface area contributed by atoms with Crippen molar-refractivity contribution in [1.82, 2.24) is 10.6 Å². The van der Waals surface area contributed by atoms with E-state index in [9.17, 15) is 0 Å². The number of hydrogen-bond acceptors (Lipinski definition) is 2. The smallest absolute Gasteiger partial charge is 0.0120 e. The Balaban J connectivity index is 1.86. The lowest BCUT2D eigenvalue weighted by molar-refractivity contribution is 0.195. The summed E-state index contributed by atoms with van der Waals surface area (Å²) in [6.45, 7) is 7.14. The lowest BCUT2D eigenvalue weighted by Crippen LogP contribution is -2.52. The van der Waals surface area contributed by atoms with Crippen molar-refractivity contribution in [3.63, 3.8) is 0 Å². The highest BCUT2D eigenvalue weighted by molar-refractivity contribution is 4.87. The van der Waals surface area contributed by atoms with Crippen molar-refractivity contribution in [3.8, 4) is 0 Å². The van der Waals surface area contributed by atoms with E-state index in [1.54, 1.807) is 0 Å². The van der Waals surface area contributed by atoms with Gasteiger partial charge in [-0.2, -0.15) is 0 Å². The second kappa shape index (κ2) is 6.02. The Morgan fingerprint density at radius 3 is 2.69 bits per heavy atom. The molecule has 1 heterocycles. The highest BCUT2D eigenvalue weighted by Crippen LogP contribution is 2.28. The minimum Gasteiger partial charge on any atom is -0.316 e. The fraction of sp³-hybridized carbons (Fsp3) is 1.00. The molecule has 0 aromatic heterocycles. The largest absolute Gasteiger partial charge is 0.316 e. The molecule has 2 rings (SSSR count). The standard InChI is InChI=1S/C14H28N2/c1-3-12-6-4-5-7-14(12)16-13-8-9-15-10-11(13)2/h11-16H,3-10H2,1-2H3. The molecule has 0 bridgehead atoms. The highest BCUT2D eigenvalue weighted by Gasteiger charge is 2.28. The number of hydrogen-bond donors (Lipinski definition) is 2. The number of piperidine rings is 1. The van der Waals surface area contributed by atoms with Gasteiger partial charge in [0, 0.05) is 12.1 Å². The Kier molecular flexibility index (Phi) is 4.66. The molecule has 1 aliphatic heterocycles. The first-order valence-corrected chi connectivity index (χ1v) is 7.28. The van der Waals surface area contributed by atoms with E-state index >= 15 is 0 Å². The van der Waals surface area contributed by atoms with Crippen LogP contribution in [-0.2, 0) is 0 Å². The van der Waals surface area contributed by atoms with Gasteiger partial charge in [0.2, 0.25) is 0 Å². The summed E-state index contributed by atoms with van der Waals surface area (Å²) in [5, 5.41) is 7.46. The van der Waals surface area contributed by atoms with Gasteiger partial charge < -0.3 is 10.6 Å². The monoisotopic (exact) mass is 224 g/mol. The molecule has 0 spiro atoms. The van der Waals surface area contributed by atoms with Crippen molar-refractivity contribution in [2.45, 2.75) is 64.5 Å². The Bertz CT molecular complexity index is 205. The molecule has 2 N–H and O–H groups in total. The predicted octanol–water partition coefficient (Wildman–Crippen LogP) is 2.54. The van der Waals surface area contributed by atoms with Crippen LogP contribution in [-0.4, -0.2) is 25.2 Å². The van der Waals surface area contributed by atoms with Gasteiger partial charge in [-0.05, 0) is 44.2 Å². The number of nitrogens with one attached hydrogen (secondary N) is 2. The summed E-state index contributed by atoms with van der Waals surface area (Å²) in [5.41, 5.74) is 0. The summed E-state index contributed by atoms with van der Waals surface area (Å²) >= 11 is 0. The van der Waals surface area contributed by atoms with E-state index < -0.39 is 0 Å². The van der Waals surface area contributed by atoms with Crippen LogP contribution in [0.4, 0.5) is 0 Å². The lowest BCUT2D eigenvalue weighted by atomic mass is 9.81. The minimum atomic E-state index is 0.762. The van der Waals surface area contributed by atoms with Gasteiger partial charge in [0.05, 0.1) is 0 Å². The second-order valence-corrected chi connectivity index (χ2v) is 5.80. The van der Waals surface area contributed by atoms with Crippen LogP contribution in [0.3, 0.4) is 0 Å². The van der Waals surface area contributed by atoms with Crippen LogP contribution in [0.25, 0.3) is 0 Å². The van der Waals surface area contributed by atoms with Crippen LogP contribution in [0.5, 0.6) is 0 Å². The molecule has 2 nitrogen and oxygen atoms in total. The van der Waals surface area contributed by atoms with Gasteiger partial charge in [-0.15, -0.1) is 0 Å². The van der Waals surface area contributed by atoms with E-state index in [1.807, 2.05) is 0 Å². The molecule has 2 heteroatoms. The van der Waals surface area contributed by atoms with Gasteiger partial charge in [-0.25, -0.2) is 0 Å². The molecule has 4 atom stereocenters. The molecule has 2 aliphatic rings. The fourth-order valence-electron chi connectivity index (χ4n) is 3.45. The Hall–Kier alpha value is -0.0800. The van der Waals surface area contributed by atoms with E-state index in [0.717, 1.165) is 23.9 Å². The Morgan fingerprint density at radius 1 is 1.12 bits per heavy atom. The summed E-state index contributed by atoms with van der Waals surface area (Å²) in [7, 11) is 0. The molecule has 4 unspecified atom stereocenters. The average Bonchev–Trinajstić information content (AvgIpc) is 2.33. The maximum Gasteiger partial charge on any atom is 0.0120 e. The predicted molar refractivity (Wildman–Crippen MR) is 69.6 cm³/mol. The van der Waals surface area contributed by atoms with Crippen LogP contribution in [0.1, 0.15) is 52.4 Å². The minimum absolute atomic E-state index is 0.762. The second-order valence-electron chi connectivity index (χ2n) is 5.80. The van der Waals surface area contributed by atoms with E-state index in [0.29, 0.717) is 0 Å². The molecule has 0 radical (unpaired) electrons. The molecule has 1 aliphatic carbocycles. The maximum atomic E-state index is 3.97. The van der Waals surface area contributed by atoms with Gasteiger partial charge in [-0.3, -0.25) is 0 Å². The molecular formula is C14H28N2. The van der Waals surface area contributed by atoms with Crippen LogP contribution < -0.4 is 10.6 Å². The van der Waals surface area contributed by atoms with E-state index in [2.05, 4.69) is 24.5 Å². The molecule has 16 heavy (non-hydrogen) atoms. The first-order chi connectivity index (χ1) is 7.81. The summed E-state index contributed by atoms with van der Waals surface area (Å²) in [6, 6.07) is 1.57. The van der Waals surface area contributed by atoms with Crippen molar-refractivity contribution < 1.29 is 0 Å². The van der Waals surface area contributed by atoms with Crippen molar-refractivity contribution >= 4 is 0 Å². The third kappa shape index (κ3) is 2.98. The normalized spacial score (nSPS) is 40.9. The third-order valence-electron chi connectivity index (χ3n) is 4.65. The van der Waals surface area contributed by atoms with Crippen LogP contribution >= 0.6 is 0 Å². The quantitative estimate of drug-likeness (QED) is 0.770. The Morgan fingerprint density at radius 2 is 1.94 bits per heavy atom. The van der Waals surface area contributed by atoms with Crippen LogP contribution in [0, 0.1) is 11.8 Å². The van der Waals surface area contributed by atoms with Gasteiger partial charge in [0.25, 0.3) is 0 Å². The summed E-state index contributed by atoms with van der Waals surface area (Å²) < 4.78 is 0. The first kappa shape index (κ1) is 12.4. The van der Waals surface area contributed by atoms with Crippen molar-refractivity contribution in [1.29, 1.82) is 0 Å². The molecule has 94 valence electrons. The van der Waals surface area contributed by atoms with Gasteiger partial charge >= 0.3 is 0 Å². The van der Waals surface area contributed by atoms with E-state index in [4.69, 9.17) is 0 Å². The summed E-state index contributed by atoms with van der Waals surface area (Å²) in [5.74, 6) is 1.74. The summed E-state index contributed by atoms with van der Waals surface area (Å²) in [6.07, 6.45) is 8.43.